The van der Waals surface area contributed by atoms with Crippen LogP contribution in [0.2, 0.25) is 0 Å². The van der Waals surface area contributed by atoms with Gasteiger partial charge in [-0.15, -0.1) is 11.8 Å². The highest BCUT2D eigenvalue weighted by molar-refractivity contribution is 6.08. The Labute approximate surface area is 119 Å². The van der Waals surface area contributed by atoms with Crippen molar-refractivity contribution in [3.8, 4) is 23.7 Å². The summed E-state index contributed by atoms with van der Waals surface area (Å²) >= 11 is 0. The van der Waals surface area contributed by atoms with Crippen molar-refractivity contribution in [2.45, 2.75) is 13.8 Å². The summed E-state index contributed by atoms with van der Waals surface area (Å²) in [6.07, 6.45) is 0. The summed E-state index contributed by atoms with van der Waals surface area (Å²) in [6.45, 7) is 3.72. The lowest BCUT2D eigenvalue weighted by molar-refractivity contribution is 1.01. The molecule has 0 bridgehead atoms. The van der Waals surface area contributed by atoms with Crippen molar-refractivity contribution in [2.75, 3.05) is 0 Å². The van der Waals surface area contributed by atoms with Gasteiger partial charge in [0.25, 0.3) is 0 Å². The third-order valence-corrected chi connectivity index (χ3v) is 3.55. The van der Waals surface area contributed by atoms with Crippen molar-refractivity contribution in [3.63, 3.8) is 0 Å². The molecule has 0 spiro atoms. The zero-order chi connectivity index (χ0) is 14.1. The highest BCUT2D eigenvalue weighted by Crippen LogP contribution is 2.29. The van der Waals surface area contributed by atoms with E-state index in [0.29, 0.717) is 0 Å². The molecule has 0 fully saturated rings. The fourth-order valence-electron chi connectivity index (χ4n) is 2.65. The first-order chi connectivity index (χ1) is 9.74. The van der Waals surface area contributed by atoms with Gasteiger partial charge in [-0.2, -0.15) is 0 Å². The first kappa shape index (κ1) is 12.4. The van der Waals surface area contributed by atoms with Crippen molar-refractivity contribution < 1.29 is 0 Å². The highest BCUT2D eigenvalue weighted by atomic mass is 14.9. The fourth-order valence-corrected chi connectivity index (χ4v) is 2.65. The molecule has 0 radical (unpaired) electrons. The van der Waals surface area contributed by atoms with E-state index in [9.17, 15) is 0 Å². The summed E-state index contributed by atoms with van der Waals surface area (Å²) < 4.78 is 2.21. The largest absolute Gasteiger partial charge is 0.344 e. The van der Waals surface area contributed by atoms with Crippen molar-refractivity contribution in [1.82, 2.24) is 4.57 Å². The van der Waals surface area contributed by atoms with E-state index in [4.69, 9.17) is 0 Å². The summed E-state index contributed by atoms with van der Waals surface area (Å²) in [4.78, 5) is 0. The van der Waals surface area contributed by atoms with Crippen molar-refractivity contribution in [1.29, 1.82) is 0 Å². The minimum atomic E-state index is 1.06. The van der Waals surface area contributed by atoms with Gasteiger partial charge in [-0.25, -0.2) is 0 Å². The Hall–Kier alpha value is -2.64. The van der Waals surface area contributed by atoms with Crippen molar-refractivity contribution >= 4 is 21.8 Å². The van der Waals surface area contributed by atoms with Gasteiger partial charge in [0.2, 0.25) is 0 Å². The number of aromatic nitrogens is 1. The lowest BCUT2D eigenvalue weighted by Crippen LogP contribution is -1.87. The third kappa shape index (κ3) is 1.85. The van der Waals surface area contributed by atoms with Crippen LogP contribution in [0.25, 0.3) is 21.8 Å². The molecule has 0 aliphatic heterocycles. The van der Waals surface area contributed by atoms with Crippen LogP contribution in [0.3, 0.4) is 0 Å². The molecule has 0 unspecified atom stereocenters. The van der Waals surface area contributed by atoms with Gasteiger partial charge in [-0.3, -0.25) is 0 Å². The molecule has 0 aliphatic rings. The molecule has 3 aromatic rings. The summed E-state index contributed by atoms with van der Waals surface area (Å²) in [6, 6.07) is 12.8. The number of hydrogen-bond donors (Lipinski definition) is 0. The SMILES string of the molecule is CC#Cc1ccc2c3ccc(C#CC)cc3n(C)c2c1. The Morgan fingerprint density at radius 2 is 1.20 bits per heavy atom. The molecule has 0 saturated carbocycles. The molecular weight excluding hydrogens is 242 g/mol. The maximum absolute atomic E-state index is 3.12. The van der Waals surface area contributed by atoms with Crippen LogP contribution in [0.1, 0.15) is 25.0 Å². The quantitative estimate of drug-likeness (QED) is 0.535. The van der Waals surface area contributed by atoms with Gasteiger partial charge in [0, 0.05) is 28.9 Å². The fraction of sp³-hybridized carbons (Fsp3) is 0.158. The molecular formula is C19H15N. The van der Waals surface area contributed by atoms with E-state index in [1.807, 2.05) is 13.8 Å². The van der Waals surface area contributed by atoms with E-state index in [1.165, 1.54) is 21.8 Å². The van der Waals surface area contributed by atoms with Crippen LogP contribution in [0.5, 0.6) is 0 Å². The molecule has 1 nitrogen and oxygen atoms in total. The smallest absolute Gasteiger partial charge is 0.0501 e. The van der Waals surface area contributed by atoms with Gasteiger partial charge in [-0.05, 0) is 38.1 Å². The number of aryl methyl sites for hydroxylation is 1. The first-order valence-corrected chi connectivity index (χ1v) is 6.62. The van der Waals surface area contributed by atoms with Crippen molar-refractivity contribution in [3.05, 3.63) is 47.5 Å². The van der Waals surface area contributed by atoms with E-state index in [-0.39, 0.29) is 0 Å². The zero-order valence-corrected chi connectivity index (χ0v) is 11.9. The predicted molar refractivity (Wildman–Crippen MR) is 85.5 cm³/mol. The van der Waals surface area contributed by atoms with Crippen LogP contribution in [0.4, 0.5) is 0 Å². The molecule has 1 heterocycles. The second-order valence-electron chi connectivity index (χ2n) is 4.77. The Morgan fingerprint density at radius 3 is 1.60 bits per heavy atom. The van der Waals surface area contributed by atoms with Gasteiger partial charge in [0.05, 0.1) is 11.0 Å². The molecule has 1 heteroatoms. The van der Waals surface area contributed by atoms with Gasteiger partial charge in [-0.1, -0.05) is 24.0 Å². The molecule has 2 aromatic carbocycles. The zero-order valence-electron chi connectivity index (χ0n) is 11.9. The molecule has 20 heavy (non-hydrogen) atoms. The molecule has 0 aliphatic carbocycles. The monoisotopic (exact) mass is 257 g/mol. The van der Waals surface area contributed by atoms with Crippen LogP contribution >= 0.6 is 0 Å². The van der Waals surface area contributed by atoms with Gasteiger partial charge in [0.15, 0.2) is 0 Å². The van der Waals surface area contributed by atoms with Gasteiger partial charge in [0.1, 0.15) is 0 Å². The van der Waals surface area contributed by atoms with E-state index >= 15 is 0 Å². The molecule has 0 amide bonds. The number of nitrogens with zero attached hydrogens (tertiary/aromatic N) is 1. The second kappa shape index (κ2) is 4.80. The molecule has 3 rings (SSSR count). The van der Waals surface area contributed by atoms with E-state index in [1.54, 1.807) is 0 Å². The van der Waals surface area contributed by atoms with E-state index in [0.717, 1.165) is 11.1 Å². The number of hydrogen-bond acceptors (Lipinski definition) is 0. The van der Waals surface area contributed by atoms with E-state index in [2.05, 4.69) is 71.7 Å². The number of benzene rings is 2. The molecule has 1 aromatic heterocycles. The average Bonchev–Trinajstić information content (AvgIpc) is 2.73. The summed E-state index contributed by atoms with van der Waals surface area (Å²) in [7, 11) is 2.09. The number of rotatable bonds is 0. The highest BCUT2D eigenvalue weighted by Gasteiger charge is 2.08. The molecule has 0 saturated heterocycles. The second-order valence-corrected chi connectivity index (χ2v) is 4.77. The normalized spacial score (nSPS) is 9.95. The van der Waals surface area contributed by atoms with Crippen LogP contribution in [-0.2, 0) is 7.05 Å². The third-order valence-electron chi connectivity index (χ3n) is 3.55. The van der Waals surface area contributed by atoms with E-state index < -0.39 is 0 Å². The number of fused-ring (bicyclic) bond motifs is 3. The molecule has 96 valence electrons. The lowest BCUT2D eigenvalue weighted by atomic mass is 10.1. The Bertz CT molecular complexity index is 857. The maximum Gasteiger partial charge on any atom is 0.0501 e. The minimum absolute atomic E-state index is 1.06. The minimum Gasteiger partial charge on any atom is -0.344 e. The first-order valence-electron chi connectivity index (χ1n) is 6.62. The lowest BCUT2D eigenvalue weighted by Gasteiger charge is -1.98. The average molecular weight is 257 g/mol. The predicted octanol–water partition coefficient (Wildman–Crippen LogP) is 4.07. The van der Waals surface area contributed by atoms with Crippen molar-refractivity contribution in [2.24, 2.45) is 7.05 Å². The van der Waals surface area contributed by atoms with Gasteiger partial charge >= 0.3 is 0 Å². The van der Waals surface area contributed by atoms with Crippen LogP contribution in [-0.4, -0.2) is 4.57 Å². The van der Waals surface area contributed by atoms with Crippen LogP contribution in [0.15, 0.2) is 36.4 Å². The van der Waals surface area contributed by atoms with Gasteiger partial charge < -0.3 is 4.57 Å². The maximum atomic E-state index is 3.12. The molecule has 0 atom stereocenters. The van der Waals surface area contributed by atoms with Crippen LogP contribution < -0.4 is 0 Å². The topological polar surface area (TPSA) is 4.93 Å². The standard InChI is InChI=1S/C19H15N/c1-4-6-14-8-10-16-17-11-9-15(7-5-2)13-19(17)20(3)18(16)12-14/h8-13H,1-3H3. The Kier molecular flexibility index (Phi) is 2.97. The Morgan fingerprint density at radius 1 is 0.750 bits per heavy atom. The summed E-state index contributed by atoms with van der Waals surface area (Å²) in [5.74, 6) is 12.1. The van der Waals surface area contributed by atoms with Crippen LogP contribution in [0, 0.1) is 23.7 Å². The summed E-state index contributed by atoms with van der Waals surface area (Å²) in [5.41, 5.74) is 4.53. The molecule has 0 N–H and O–H groups in total. The Balaban J connectivity index is 2.38. The summed E-state index contributed by atoms with van der Waals surface area (Å²) in [5, 5.41) is 2.53.